The van der Waals surface area contributed by atoms with Crippen molar-refractivity contribution in [3.8, 4) is 0 Å². The molecular formula is C8H12O4S. The molecule has 0 atom stereocenters. The van der Waals surface area contributed by atoms with Gasteiger partial charge >= 0.3 is 5.97 Å². The van der Waals surface area contributed by atoms with Crippen LogP contribution in [0.2, 0.25) is 0 Å². The fourth-order valence-electron chi connectivity index (χ4n) is 1.31. The lowest BCUT2D eigenvalue weighted by Gasteiger charge is -2.15. The van der Waals surface area contributed by atoms with Gasteiger partial charge in [0.1, 0.15) is 0 Å². The maximum atomic E-state index is 11.0. The van der Waals surface area contributed by atoms with E-state index in [0.29, 0.717) is 18.4 Å². The van der Waals surface area contributed by atoms with E-state index < -0.39 is 15.8 Å². The maximum absolute atomic E-state index is 11.0. The number of carboxylic acid groups (broad SMARTS) is 1. The average molecular weight is 204 g/mol. The first-order valence-corrected chi connectivity index (χ1v) is 5.87. The Labute approximate surface area is 77.2 Å². The Hall–Kier alpha value is -0.840. The van der Waals surface area contributed by atoms with Crippen molar-refractivity contribution >= 4 is 15.8 Å². The van der Waals surface area contributed by atoms with Gasteiger partial charge in [-0.3, -0.25) is 0 Å². The van der Waals surface area contributed by atoms with Crippen LogP contribution in [0.1, 0.15) is 19.8 Å². The molecule has 0 aliphatic carbocycles. The first-order valence-electron chi connectivity index (χ1n) is 4.05. The second kappa shape index (κ2) is 3.49. The van der Waals surface area contributed by atoms with E-state index in [9.17, 15) is 13.2 Å². The zero-order valence-corrected chi connectivity index (χ0v) is 8.23. The summed E-state index contributed by atoms with van der Waals surface area (Å²) in [5.41, 5.74) is 1.07. The Kier molecular flexibility index (Phi) is 2.75. The fraction of sp³-hybridized carbons (Fsp3) is 0.625. The first-order chi connectivity index (χ1) is 5.92. The predicted molar refractivity (Wildman–Crippen MR) is 48.2 cm³/mol. The Morgan fingerprint density at radius 3 is 2.15 bits per heavy atom. The summed E-state index contributed by atoms with van der Waals surface area (Å²) in [6, 6.07) is 0. The molecule has 1 saturated heterocycles. The van der Waals surface area contributed by atoms with E-state index >= 15 is 0 Å². The minimum atomic E-state index is -2.90. The second-order valence-electron chi connectivity index (χ2n) is 3.19. The Balaban J connectivity index is 2.80. The van der Waals surface area contributed by atoms with Gasteiger partial charge in [-0.15, -0.1) is 0 Å². The molecule has 5 heteroatoms. The molecule has 74 valence electrons. The molecule has 1 aliphatic rings. The largest absolute Gasteiger partial charge is 0.478 e. The van der Waals surface area contributed by atoms with Crippen LogP contribution in [0.5, 0.6) is 0 Å². The standard InChI is InChI=1S/C8H12O4S/c1-6(8(9)10)7-2-4-13(11,12)5-3-7/h2-5H2,1H3,(H,9,10). The fourth-order valence-corrected chi connectivity index (χ4v) is 2.63. The van der Waals surface area contributed by atoms with E-state index in [0.717, 1.165) is 5.57 Å². The number of rotatable bonds is 1. The van der Waals surface area contributed by atoms with E-state index in [4.69, 9.17) is 5.11 Å². The Morgan fingerprint density at radius 1 is 1.31 bits per heavy atom. The van der Waals surface area contributed by atoms with Crippen molar-refractivity contribution in [3.05, 3.63) is 11.1 Å². The molecule has 0 bridgehead atoms. The van der Waals surface area contributed by atoms with Crippen molar-refractivity contribution in [3.63, 3.8) is 0 Å². The lowest BCUT2D eigenvalue weighted by Crippen LogP contribution is -2.19. The zero-order valence-electron chi connectivity index (χ0n) is 7.41. The molecule has 0 aromatic carbocycles. The number of aliphatic carboxylic acids is 1. The Bertz CT molecular complexity index is 334. The molecule has 13 heavy (non-hydrogen) atoms. The highest BCUT2D eigenvalue weighted by Crippen LogP contribution is 2.21. The minimum absolute atomic E-state index is 0.0902. The molecule has 1 rings (SSSR count). The van der Waals surface area contributed by atoms with Crippen molar-refractivity contribution in [2.75, 3.05) is 11.5 Å². The van der Waals surface area contributed by atoms with Crippen LogP contribution in [0.4, 0.5) is 0 Å². The summed E-state index contributed by atoms with van der Waals surface area (Å²) >= 11 is 0. The molecule has 0 saturated carbocycles. The van der Waals surface area contributed by atoms with Crippen molar-refractivity contribution in [2.45, 2.75) is 19.8 Å². The van der Waals surface area contributed by atoms with E-state index in [1.54, 1.807) is 0 Å². The van der Waals surface area contributed by atoms with Crippen LogP contribution in [-0.4, -0.2) is 31.0 Å². The normalized spacial score (nSPS) is 21.2. The zero-order chi connectivity index (χ0) is 10.1. The van der Waals surface area contributed by atoms with E-state index in [2.05, 4.69) is 0 Å². The third-order valence-corrected chi connectivity index (χ3v) is 3.93. The van der Waals surface area contributed by atoms with E-state index in [-0.39, 0.29) is 11.5 Å². The summed E-state index contributed by atoms with van der Waals surface area (Å²) in [5, 5.41) is 8.66. The van der Waals surface area contributed by atoms with Gasteiger partial charge in [-0.1, -0.05) is 5.57 Å². The van der Waals surface area contributed by atoms with Crippen molar-refractivity contribution < 1.29 is 18.3 Å². The van der Waals surface area contributed by atoms with Crippen LogP contribution < -0.4 is 0 Å². The van der Waals surface area contributed by atoms with Crippen molar-refractivity contribution in [1.82, 2.24) is 0 Å². The lowest BCUT2D eigenvalue weighted by molar-refractivity contribution is -0.132. The van der Waals surface area contributed by atoms with Crippen LogP contribution in [0.3, 0.4) is 0 Å². The number of hydrogen-bond acceptors (Lipinski definition) is 3. The number of hydrogen-bond donors (Lipinski definition) is 1. The minimum Gasteiger partial charge on any atom is -0.478 e. The van der Waals surface area contributed by atoms with Crippen LogP contribution >= 0.6 is 0 Å². The van der Waals surface area contributed by atoms with Gasteiger partial charge in [0.15, 0.2) is 9.84 Å². The van der Waals surface area contributed by atoms with E-state index in [1.807, 2.05) is 0 Å². The molecule has 0 unspecified atom stereocenters. The smallest absolute Gasteiger partial charge is 0.331 e. The Morgan fingerprint density at radius 2 is 1.77 bits per heavy atom. The van der Waals surface area contributed by atoms with Crippen LogP contribution in [-0.2, 0) is 14.6 Å². The monoisotopic (exact) mass is 204 g/mol. The van der Waals surface area contributed by atoms with E-state index in [1.165, 1.54) is 6.92 Å². The van der Waals surface area contributed by atoms with Crippen LogP contribution in [0.25, 0.3) is 0 Å². The summed E-state index contributed by atoms with van der Waals surface area (Å²) in [6.45, 7) is 1.52. The molecule has 0 amide bonds. The van der Waals surface area contributed by atoms with Crippen molar-refractivity contribution in [2.24, 2.45) is 0 Å². The van der Waals surface area contributed by atoms with Gasteiger partial charge in [-0.05, 0) is 19.8 Å². The third kappa shape index (κ3) is 2.55. The molecule has 0 spiro atoms. The van der Waals surface area contributed by atoms with Crippen molar-refractivity contribution in [1.29, 1.82) is 0 Å². The molecule has 1 aliphatic heterocycles. The molecule has 1 fully saturated rings. The van der Waals surface area contributed by atoms with Gasteiger partial charge in [-0.25, -0.2) is 13.2 Å². The summed E-state index contributed by atoms with van der Waals surface area (Å²) in [6.07, 6.45) is 0.751. The third-order valence-electron chi connectivity index (χ3n) is 2.28. The highest BCUT2D eigenvalue weighted by atomic mass is 32.2. The molecule has 4 nitrogen and oxygen atoms in total. The topological polar surface area (TPSA) is 71.4 Å². The summed E-state index contributed by atoms with van der Waals surface area (Å²) in [5.74, 6) is -0.769. The first kappa shape index (κ1) is 10.2. The maximum Gasteiger partial charge on any atom is 0.331 e. The van der Waals surface area contributed by atoms with Crippen LogP contribution in [0.15, 0.2) is 11.1 Å². The highest BCUT2D eigenvalue weighted by molar-refractivity contribution is 7.91. The summed E-state index contributed by atoms with van der Waals surface area (Å²) < 4.78 is 22.0. The lowest BCUT2D eigenvalue weighted by atomic mass is 10.0. The average Bonchev–Trinajstić information content (AvgIpc) is 2.03. The van der Waals surface area contributed by atoms with Gasteiger partial charge in [0.25, 0.3) is 0 Å². The molecule has 0 aromatic heterocycles. The second-order valence-corrected chi connectivity index (χ2v) is 5.49. The number of carboxylic acids is 1. The predicted octanol–water partition coefficient (Wildman–Crippen LogP) is 0.596. The van der Waals surface area contributed by atoms with Gasteiger partial charge < -0.3 is 5.11 Å². The summed E-state index contributed by atoms with van der Waals surface area (Å²) in [4.78, 5) is 10.6. The number of sulfone groups is 1. The van der Waals surface area contributed by atoms with Gasteiger partial charge in [0, 0.05) is 5.57 Å². The molecule has 0 aromatic rings. The SMILES string of the molecule is CC(C(=O)O)=C1CCS(=O)(=O)CC1. The number of carbonyl (C=O) groups is 1. The molecular weight excluding hydrogens is 192 g/mol. The van der Waals surface area contributed by atoms with Gasteiger partial charge in [0.2, 0.25) is 0 Å². The van der Waals surface area contributed by atoms with Crippen LogP contribution in [0, 0.1) is 0 Å². The quantitative estimate of drug-likeness (QED) is 0.635. The number of allylic oxidation sites excluding steroid dienone is 1. The summed E-state index contributed by atoms with van der Waals surface area (Å²) in [7, 11) is -2.90. The van der Waals surface area contributed by atoms with Gasteiger partial charge in [-0.2, -0.15) is 0 Å². The molecule has 1 heterocycles. The van der Waals surface area contributed by atoms with Gasteiger partial charge in [0.05, 0.1) is 11.5 Å². The molecule has 1 N–H and O–H groups in total. The molecule has 0 radical (unpaired) electrons. The highest BCUT2D eigenvalue weighted by Gasteiger charge is 2.21.